The van der Waals surface area contributed by atoms with Gasteiger partial charge in [-0.25, -0.2) is 9.97 Å². The van der Waals surface area contributed by atoms with Crippen LogP contribution in [0.3, 0.4) is 0 Å². The third kappa shape index (κ3) is 6.21. The lowest BCUT2D eigenvalue weighted by Crippen LogP contribution is -2.52. The summed E-state index contributed by atoms with van der Waals surface area (Å²) >= 11 is 0. The monoisotopic (exact) mass is 570 g/mol. The van der Waals surface area contributed by atoms with Crippen molar-refractivity contribution in [2.24, 2.45) is 11.7 Å². The van der Waals surface area contributed by atoms with Crippen molar-refractivity contribution in [3.8, 4) is 11.3 Å². The van der Waals surface area contributed by atoms with Crippen LogP contribution >= 0.6 is 0 Å². The van der Waals surface area contributed by atoms with E-state index < -0.39 is 5.91 Å². The van der Waals surface area contributed by atoms with Crippen LogP contribution in [0.5, 0.6) is 0 Å². The lowest BCUT2D eigenvalue weighted by atomic mass is 10.0. The van der Waals surface area contributed by atoms with E-state index in [4.69, 9.17) is 15.7 Å². The first-order valence-corrected chi connectivity index (χ1v) is 15.2. The van der Waals surface area contributed by atoms with E-state index in [1.165, 1.54) is 31.6 Å². The first-order valence-electron chi connectivity index (χ1n) is 15.2. The van der Waals surface area contributed by atoms with Gasteiger partial charge in [-0.05, 0) is 50.6 Å². The number of aliphatic hydroxyl groups is 1. The van der Waals surface area contributed by atoms with Crippen LogP contribution in [0.4, 0.5) is 23.0 Å². The summed E-state index contributed by atoms with van der Waals surface area (Å²) in [6.45, 7) is 8.34. The average molecular weight is 571 g/mol. The fraction of sp³-hybridized carbons (Fsp3) is 0.469. The van der Waals surface area contributed by atoms with Crippen molar-refractivity contribution in [3.63, 3.8) is 0 Å². The molecule has 3 aliphatic rings. The van der Waals surface area contributed by atoms with E-state index in [1.54, 1.807) is 0 Å². The standard InChI is InChI=1S/C32H42N8O2/c1-37-17-19-39(20-18-37)27-12-15-38(16-13-27)26-9-7-25(8-10-26)34-31-29(30(33)42)35-28(24-5-3-2-4-6-24)32(36-31)40-14-11-23(21-40)22-41/h2-10,23,27,41H,11-22H2,1H3,(H2,33,42)(H,34,36). The molecule has 3 aromatic rings. The summed E-state index contributed by atoms with van der Waals surface area (Å²) < 4.78 is 0. The number of anilines is 4. The molecule has 1 aromatic heterocycles. The van der Waals surface area contributed by atoms with Crippen molar-refractivity contribution in [3.05, 3.63) is 60.3 Å². The topological polar surface area (TPSA) is 114 Å². The number of aromatic nitrogens is 2. The second kappa shape index (κ2) is 12.6. The van der Waals surface area contributed by atoms with E-state index in [0.717, 1.165) is 50.4 Å². The van der Waals surface area contributed by atoms with Crippen molar-refractivity contribution in [1.82, 2.24) is 19.8 Å². The molecule has 0 spiro atoms. The van der Waals surface area contributed by atoms with Gasteiger partial charge in [-0.15, -0.1) is 0 Å². The van der Waals surface area contributed by atoms with Crippen LogP contribution in [-0.4, -0.2) is 103 Å². The normalized spacial score (nSPS) is 20.7. The van der Waals surface area contributed by atoms with Gasteiger partial charge in [0.1, 0.15) is 5.69 Å². The highest BCUT2D eigenvalue weighted by molar-refractivity contribution is 5.97. The molecule has 6 rings (SSSR count). The number of likely N-dealkylation sites (N-methyl/N-ethyl adjacent to an activating group) is 1. The van der Waals surface area contributed by atoms with Gasteiger partial charge in [-0.2, -0.15) is 0 Å². The van der Waals surface area contributed by atoms with E-state index in [0.29, 0.717) is 29.9 Å². The Kier molecular flexibility index (Phi) is 8.55. The van der Waals surface area contributed by atoms with Gasteiger partial charge in [0, 0.05) is 87.9 Å². The smallest absolute Gasteiger partial charge is 0.271 e. The van der Waals surface area contributed by atoms with Crippen molar-refractivity contribution in [2.45, 2.75) is 25.3 Å². The predicted octanol–water partition coefficient (Wildman–Crippen LogP) is 3.02. The van der Waals surface area contributed by atoms with Crippen LogP contribution in [0.25, 0.3) is 11.3 Å². The molecular weight excluding hydrogens is 528 g/mol. The molecule has 10 nitrogen and oxygen atoms in total. The van der Waals surface area contributed by atoms with Crippen molar-refractivity contribution in [2.75, 3.05) is 81.1 Å². The zero-order chi connectivity index (χ0) is 29.1. The van der Waals surface area contributed by atoms with Crippen molar-refractivity contribution >= 4 is 28.9 Å². The zero-order valence-corrected chi connectivity index (χ0v) is 24.5. The fourth-order valence-electron chi connectivity index (χ4n) is 6.44. The number of piperazine rings is 1. The van der Waals surface area contributed by atoms with E-state index in [1.807, 2.05) is 42.5 Å². The Morgan fingerprint density at radius 1 is 0.905 bits per heavy atom. The number of amides is 1. The Hall–Kier alpha value is -3.73. The maximum Gasteiger partial charge on any atom is 0.271 e. The lowest BCUT2D eigenvalue weighted by Gasteiger charge is -2.42. The van der Waals surface area contributed by atoms with Crippen LogP contribution in [0.1, 0.15) is 29.8 Å². The number of carbonyl (C=O) groups excluding carboxylic acids is 1. The number of nitrogens with one attached hydrogen (secondary N) is 1. The number of aliphatic hydroxyl groups excluding tert-OH is 1. The number of nitrogens with zero attached hydrogens (tertiary/aromatic N) is 6. The molecule has 1 atom stereocenters. The molecule has 3 aliphatic heterocycles. The van der Waals surface area contributed by atoms with Crippen LogP contribution in [0, 0.1) is 5.92 Å². The molecule has 3 fully saturated rings. The molecule has 4 heterocycles. The highest BCUT2D eigenvalue weighted by Crippen LogP contribution is 2.34. The summed E-state index contributed by atoms with van der Waals surface area (Å²) in [5.41, 5.74) is 9.41. The number of primary amides is 1. The molecular formula is C32H42N8O2. The Balaban J connectivity index is 1.20. The molecule has 0 aliphatic carbocycles. The molecule has 42 heavy (non-hydrogen) atoms. The van der Waals surface area contributed by atoms with Gasteiger partial charge in [0.2, 0.25) is 0 Å². The lowest BCUT2D eigenvalue weighted by molar-refractivity contribution is 0.0982. The number of hydrogen-bond acceptors (Lipinski definition) is 9. The molecule has 0 radical (unpaired) electrons. The Morgan fingerprint density at radius 3 is 2.24 bits per heavy atom. The molecule has 2 aromatic carbocycles. The third-order valence-corrected chi connectivity index (χ3v) is 9.02. The summed E-state index contributed by atoms with van der Waals surface area (Å²) in [7, 11) is 2.21. The predicted molar refractivity (Wildman–Crippen MR) is 167 cm³/mol. The van der Waals surface area contributed by atoms with E-state index in [2.05, 4.69) is 44.1 Å². The SMILES string of the molecule is CN1CCN(C2CCN(c3ccc(Nc4nc(N5CCC(CO)C5)c(-c5ccccc5)nc4C(N)=O)cc3)CC2)CC1. The number of carbonyl (C=O) groups is 1. The second-order valence-electron chi connectivity index (χ2n) is 11.8. The van der Waals surface area contributed by atoms with E-state index in [9.17, 15) is 9.90 Å². The minimum absolute atomic E-state index is 0.102. The van der Waals surface area contributed by atoms with Gasteiger partial charge in [0.15, 0.2) is 17.3 Å². The first-order chi connectivity index (χ1) is 20.5. The Labute approximate surface area is 248 Å². The fourth-order valence-corrected chi connectivity index (χ4v) is 6.44. The minimum atomic E-state index is -0.636. The molecule has 10 heteroatoms. The highest BCUT2D eigenvalue weighted by Gasteiger charge is 2.29. The van der Waals surface area contributed by atoms with Crippen molar-refractivity contribution < 1.29 is 9.90 Å². The van der Waals surface area contributed by atoms with Crippen LogP contribution in [-0.2, 0) is 0 Å². The number of nitrogens with two attached hydrogens (primary N) is 1. The molecule has 0 saturated carbocycles. The summed E-state index contributed by atoms with van der Waals surface area (Å²) in [5, 5.41) is 13.1. The van der Waals surface area contributed by atoms with Crippen LogP contribution in [0.2, 0.25) is 0 Å². The van der Waals surface area contributed by atoms with Gasteiger partial charge >= 0.3 is 0 Å². The summed E-state index contributed by atoms with van der Waals surface area (Å²) in [6.07, 6.45) is 3.25. The number of benzene rings is 2. The van der Waals surface area contributed by atoms with Gasteiger partial charge in [-0.1, -0.05) is 30.3 Å². The number of piperidine rings is 1. The highest BCUT2D eigenvalue weighted by atomic mass is 16.3. The Morgan fingerprint density at radius 2 is 1.60 bits per heavy atom. The quantitative estimate of drug-likeness (QED) is 0.376. The van der Waals surface area contributed by atoms with E-state index >= 15 is 0 Å². The van der Waals surface area contributed by atoms with Gasteiger partial charge in [0.25, 0.3) is 5.91 Å². The summed E-state index contributed by atoms with van der Waals surface area (Å²) in [5.74, 6) is 0.569. The van der Waals surface area contributed by atoms with Crippen LogP contribution < -0.4 is 20.9 Å². The molecule has 1 amide bonds. The maximum absolute atomic E-state index is 12.6. The number of rotatable bonds is 8. The van der Waals surface area contributed by atoms with Gasteiger partial charge < -0.3 is 30.9 Å². The molecule has 222 valence electrons. The molecule has 3 saturated heterocycles. The molecule has 1 unspecified atom stereocenters. The largest absolute Gasteiger partial charge is 0.396 e. The average Bonchev–Trinajstić information content (AvgIpc) is 3.51. The third-order valence-electron chi connectivity index (χ3n) is 9.02. The molecule has 4 N–H and O–H groups in total. The zero-order valence-electron chi connectivity index (χ0n) is 24.5. The van der Waals surface area contributed by atoms with E-state index in [-0.39, 0.29) is 18.2 Å². The van der Waals surface area contributed by atoms with Gasteiger partial charge in [0.05, 0.1) is 0 Å². The maximum atomic E-state index is 12.6. The first kappa shape index (κ1) is 28.4. The number of hydrogen-bond donors (Lipinski definition) is 3. The second-order valence-corrected chi connectivity index (χ2v) is 11.8. The van der Waals surface area contributed by atoms with Gasteiger partial charge in [-0.3, -0.25) is 9.69 Å². The summed E-state index contributed by atoms with van der Waals surface area (Å²) in [6, 6.07) is 18.7. The van der Waals surface area contributed by atoms with Crippen molar-refractivity contribution in [1.29, 1.82) is 0 Å². The molecule has 0 bridgehead atoms. The summed E-state index contributed by atoms with van der Waals surface area (Å²) in [4.78, 5) is 31.9. The minimum Gasteiger partial charge on any atom is -0.396 e. The van der Waals surface area contributed by atoms with Crippen LogP contribution in [0.15, 0.2) is 54.6 Å². The Bertz CT molecular complexity index is 1350.